The Balaban J connectivity index is 1.78. The fourth-order valence-corrected chi connectivity index (χ4v) is 2.76. The van der Waals surface area contributed by atoms with Crippen LogP contribution >= 0.6 is 0 Å². The van der Waals surface area contributed by atoms with Crippen LogP contribution in [0.5, 0.6) is 0 Å². The maximum Gasteiger partial charge on any atom is 0.277 e. The predicted molar refractivity (Wildman–Crippen MR) is 63.1 cm³/mol. The molecule has 0 aliphatic carbocycles. The van der Waals surface area contributed by atoms with Gasteiger partial charge in [-0.25, -0.2) is 0 Å². The molecule has 1 N–H and O–H groups in total. The molecule has 0 saturated carbocycles. The van der Waals surface area contributed by atoms with Crippen molar-refractivity contribution < 1.29 is 28.8 Å². The fourth-order valence-electron chi connectivity index (χ4n) is 2.76. The van der Waals surface area contributed by atoms with Gasteiger partial charge in [-0.3, -0.25) is 0 Å². The Bertz CT molecular complexity index is 449. The monoisotopic (exact) mass is 287 g/mol. The summed E-state index contributed by atoms with van der Waals surface area (Å²) in [5.74, 6) is -2.45. The van der Waals surface area contributed by atoms with E-state index in [1.807, 2.05) is 0 Å². The van der Waals surface area contributed by atoms with Crippen LogP contribution in [0.3, 0.4) is 0 Å². The van der Waals surface area contributed by atoms with E-state index in [1.165, 1.54) is 6.92 Å². The van der Waals surface area contributed by atoms with Gasteiger partial charge in [0, 0.05) is 11.8 Å². The molecule has 3 heterocycles. The fraction of sp³-hybridized carbons (Fsp3) is 1.00. The van der Waals surface area contributed by atoms with E-state index < -0.39 is 42.4 Å². The average molecular weight is 287 g/mol. The van der Waals surface area contributed by atoms with Crippen molar-refractivity contribution in [3.63, 3.8) is 0 Å². The van der Waals surface area contributed by atoms with Crippen molar-refractivity contribution in [2.75, 3.05) is 6.61 Å². The Morgan fingerprint density at radius 2 is 1.95 bits per heavy atom. The lowest BCUT2D eigenvalue weighted by atomic mass is 10.0. The summed E-state index contributed by atoms with van der Waals surface area (Å²) in [7, 11) is 0. The Morgan fingerprint density at radius 3 is 2.55 bits per heavy atom. The van der Waals surface area contributed by atoms with Crippen molar-refractivity contribution in [3.8, 4) is 0 Å². The lowest BCUT2D eigenvalue weighted by molar-refractivity contribution is -0.306. The molecule has 0 aromatic heterocycles. The van der Waals surface area contributed by atoms with Crippen molar-refractivity contribution in [2.24, 2.45) is 5.11 Å². The predicted octanol–water partition coefficient (Wildman–Crippen LogP) is 0.623. The summed E-state index contributed by atoms with van der Waals surface area (Å²) in [6.45, 7) is 5.05. The molecule has 3 rings (SSSR count). The van der Waals surface area contributed by atoms with E-state index in [-0.39, 0.29) is 6.61 Å². The van der Waals surface area contributed by atoms with Crippen LogP contribution in [0.25, 0.3) is 10.4 Å². The highest BCUT2D eigenvalue weighted by Gasteiger charge is 2.58. The lowest BCUT2D eigenvalue weighted by Crippen LogP contribution is -2.41. The van der Waals surface area contributed by atoms with Gasteiger partial charge in [-0.05, 0) is 19.4 Å². The van der Waals surface area contributed by atoms with Crippen LogP contribution in [-0.2, 0) is 23.7 Å². The van der Waals surface area contributed by atoms with Gasteiger partial charge in [-0.2, -0.15) is 0 Å². The number of fused-ring (bicyclic) bond motifs is 1. The van der Waals surface area contributed by atoms with Crippen molar-refractivity contribution in [1.29, 1.82) is 0 Å². The minimum absolute atomic E-state index is 0.137. The molecular formula is C11H17N3O6. The molecule has 3 fully saturated rings. The summed E-state index contributed by atoms with van der Waals surface area (Å²) in [6.07, 6.45) is -2.27. The van der Waals surface area contributed by atoms with E-state index in [0.717, 1.165) is 0 Å². The normalized spacial score (nSPS) is 49.9. The standard InChI is InChI=1S/C11H17N3O6/c1-10(2)19-8-6(13-14-12)7(17-9(8)20-10)5-4-16-11(3,15)18-5/h5-9,15H,4H2,1-3H3/t5-,6+,7-,8-,9-,11?/m1/s1. The first-order chi connectivity index (χ1) is 9.31. The molecule has 6 atom stereocenters. The molecule has 0 radical (unpaired) electrons. The molecule has 0 aromatic rings. The van der Waals surface area contributed by atoms with Crippen LogP contribution in [0.15, 0.2) is 5.11 Å². The van der Waals surface area contributed by atoms with Crippen LogP contribution in [0.4, 0.5) is 0 Å². The van der Waals surface area contributed by atoms with Crippen LogP contribution in [0.2, 0.25) is 0 Å². The second kappa shape index (κ2) is 4.54. The highest BCUT2D eigenvalue weighted by molar-refractivity contribution is 5.01. The highest BCUT2D eigenvalue weighted by atomic mass is 16.9. The molecule has 0 aromatic carbocycles. The molecule has 9 heteroatoms. The molecule has 1 unspecified atom stereocenters. The summed E-state index contributed by atoms with van der Waals surface area (Å²) >= 11 is 0. The maximum atomic E-state index is 9.66. The first kappa shape index (κ1) is 14.0. The molecular weight excluding hydrogens is 270 g/mol. The maximum absolute atomic E-state index is 9.66. The third kappa shape index (κ3) is 2.38. The van der Waals surface area contributed by atoms with Crippen LogP contribution < -0.4 is 0 Å². The van der Waals surface area contributed by atoms with Gasteiger partial charge in [0.25, 0.3) is 5.97 Å². The summed E-state index contributed by atoms with van der Waals surface area (Å²) in [4.78, 5) is 2.83. The van der Waals surface area contributed by atoms with Gasteiger partial charge in [-0.15, -0.1) is 0 Å². The van der Waals surface area contributed by atoms with E-state index >= 15 is 0 Å². The Morgan fingerprint density at radius 1 is 1.20 bits per heavy atom. The zero-order valence-electron chi connectivity index (χ0n) is 11.4. The number of aliphatic hydroxyl groups is 1. The molecule has 112 valence electrons. The smallest absolute Gasteiger partial charge is 0.277 e. The summed E-state index contributed by atoms with van der Waals surface area (Å²) in [5, 5.41) is 13.4. The van der Waals surface area contributed by atoms with Gasteiger partial charge in [0.15, 0.2) is 12.1 Å². The molecule has 0 amide bonds. The summed E-state index contributed by atoms with van der Waals surface area (Å²) < 4.78 is 27.5. The van der Waals surface area contributed by atoms with Crippen LogP contribution in [0.1, 0.15) is 20.8 Å². The Kier molecular flexibility index (Phi) is 3.18. The Labute approximate surface area is 115 Å². The second-order valence-electron chi connectivity index (χ2n) is 5.63. The van der Waals surface area contributed by atoms with Crippen molar-refractivity contribution in [1.82, 2.24) is 0 Å². The van der Waals surface area contributed by atoms with Crippen LogP contribution in [-0.4, -0.2) is 54.1 Å². The van der Waals surface area contributed by atoms with Gasteiger partial charge < -0.3 is 28.8 Å². The highest BCUT2D eigenvalue weighted by Crippen LogP contribution is 2.41. The molecule has 0 bridgehead atoms. The number of nitrogens with zero attached hydrogens (tertiary/aromatic N) is 3. The third-order valence-electron chi connectivity index (χ3n) is 3.49. The van der Waals surface area contributed by atoms with E-state index in [9.17, 15) is 5.11 Å². The van der Waals surface area contributed by atoms with Gasteiger partial charge in [-0.1, -0.05) is 5.11 Å². The second-order valence-corrected chi connectivity index (χ2v) is 5.63. The first-order valence-corrected chi connectivity index (χ1v) is 6.41. The number of hydrogen-bond acceptors (Lipinski definition) is 7. The molecule has 20 heavy (non-hydrogen) atoms. The molecule has 0 spiro atoms. The van der Waals surface area contributed by atoms with Crippen molar-refractivity contribution in [2.45, 2.75) is 63.2 Å². The average Bonchev–Trinajstić information content (AvgIpc) is 2.91. The number of hydrogen-bond donors (Lipinski definition) is 1. The zero-order valence-corrected chi connectivity index (χ0v) is 11.4. The Hall–Kier alpha value is -0.930. The largest absolute Gasteiger partial charge is 0.344 e. The minimum Gasteiger partial charge on any atom is -0.344 e. The molecule has 3 aliphatic rings. The number of rotatable bonds is 2. The van der Waals surface area contributed by atoms with Gasteiger partial charge in [0.2, 0.25) is 0 Å². The third-order valence-corrected chi connectivity index (χ3v) is 3.49. The van der Waals surface area contributed by atoms with Gasteiger partial charge >= 0.3 is 0 Å². The SMILES string of the molecule is CC1(C)O[C@H]2O[C@H]([C@H]3COC(C)(O)O3)[C@H](N=[N+]=[N-])[C@H]2O1. The number of ether oxygens (including phenoxy) is 5. The first-order valence-electron chi connectivity index (χ1n) is 6.41. The van der Waals surface area contributed by atoms with E-state index in [0.29, 0.717) is 0 Å². The molecule has 3 aliphatic heterocycles. The number of azide groups is 1. The minimum atomic E-state index is -1.66. The van der Waals surface area contributed by atoms with E-state index in [4.69, 9.17) is 29.2 Å². The zero-order chi connectivity index (χ0) is 14.5. The van der Waals surface area contributed by atoms with E-state index in [2.05, 4.69) is 10.0 Å². The lowest BCUT2D eigenvalue weighted by Gasteiger charge is -2.26. The van der Waals surface area contributed by atoms with E-state index in [1.54, 1.807) is 13.8 Å². The van der Waals surface area contributed by atoms with Gasteiger partial charge in [0.1, 0.15) is 18.3 Å². The van der Waals surface area contributed by atoms with Gasteiger partial charge in [0.05, 0.1) is 12.6 Å². The van der Waals surface area contributed by atoms with Crippen molar-refractivity contribution in [3.05, 3.63) is 10.4 Å². The van der Waals surface area contributed by atoms with Crippen molar-refractivity contribution >= 4 is 0 Å². The molecule has 3 saturated heterocycles. The van der Waals surface area contributed by atoms with Crippen LogP contribution in [0, 0.1) is 0 Å². The molecule has 9 nitrogen and oxygen atoms in total. The summed E-state index contributed by atoms with van der Waals surface area (Å²) in [6, 6.07) is -0.603. The quantitative estimate of drug-likeness (QED) is 0.452. The summed E-state index contributed by atoms with van der Waals surface area (Å²) in [5.41, 5.74) is 8.72. The topological polar surface area (TPSA) is 115 Å².